The molecule has 0 spiro atoms. The Morgan fingerprint density at radius 3 is 2.54 bits per heavy atom. The largest absolute Gasteiger partial charge is 0.495 e. The van der Waals surface area contributed by atoms with Crippen molar-refractivity contribution in [3.8, 4) is 5.75 Å². The van der Waals surface area contributed by atoms with Gasteiger partial charge in [-0.3, -0.25) is 19.8 Å². The average Bonchev–Trinajstić information content (AvgIpc) is 2.70. The zero-order valence-corrected chi connectivity index (χ0v) is 15.6. The molecule has 0 aromatic heterocycles. The first kappa shape index (κ1) is 19.8. The molecule has 1 aliphatic rings. The summed E-state index contributed by atoms with van der Waals surface area (Å²) in [7, 11) is 1.45. The fraction of sp³-hybridized carbons (Fsp3) is 0.350. The number of halogens is 1. The molecule has 2 aromatic rings. The van der Waals surface area contributed by atoms with E-state index in [1.54, 1.807) is 12.1 Å². The first-order chi connectivity index (χ1) is 13.5. The molecule has 1 amide bonds. The number of nitrogens with zero attached hydrogens (tertiary/aromatic N) is 2. The van der Waals surface area contributed by atoms with Gasteiger partial charge in [-0.25, -0.2) is 4.39 Å². The number of amides is 1. The van der Waals surface area contributed by atoms with Crippen LogP contribution in [0.4, 0.5) is 15.8 Å². The third kappa shape index (κ3) is 4.83. The summed E-state index contributed by atoms with van der Waals surface area (Å²) in [4.78, 5) is 25.3. The van der Waals surface area contributed by atoms with E-state index in [1.165, 1.54) is 37.4 Å². The Bertz CT molecular complexity index is 849. The van der Waals surface area contributed by atoms with Gasteiger partial charge in [0.1, 0.15) is 11.6 Å². The van der Waals surface area contributed by atoms with Crippen LogP contribution in [0.25, 0.3) is 0 Å². The molecule has 0 unspecified atom stereocenters. The van der Waals surface area contributed by atoms with Crippen LogP contribution in [0, 0.1) is 21.8 Å². The SMILES string of the molecule is COc1ccc([N+](=O)[O-])cc1NC(=O)C1CCN(Cc2ccc(F)cc2)CC1. The summed E-state index contributed by atoms with van der Waals surface area (Å²) >= 11 is 0. The monoisotopic (exact) mass is 387 g/mol. The van der Waals surface area contributed by atoms with Crippen molar-refractivity contribution in [2.24, 2.45) is 5.92 Å². The molecule has 7 nitrogen and oxygen atoms in total. The topological polar surface area (TPSA) is 84.7 Å². The molecule has 0 saturated carbocycles. The van der Waals surface area contributed by atoms with E-state index < -0.39 is 4.92 Å². The van der Waals surface area contributed by atoms with Crippen molar-refractivity contribution in [2.75, 3.05) is 25.5 Å². The molecule has 8 heteroatoms. The molecule has 0 radical (unpaired) electrons. The normalized spacial score (nSPS) is 15.2. The summed E-state index contributed by atoms with van der Waals surface area (Å²) in [6.45, 7) is 2.22. The van der Waals surface area contributed by atoms with Gasteiger partial charge in [-0.1, -0.05) is 12.1 Å². The molecule has 0 aliphatic carbocycles. The Hall–Kier alpha value is -3.00. The van der Waals surface area contributed by atoms with Crippen molar-refractivity contribution >= 4 is 17.3 Å². The minimum atomic E-state index is -0.511. The minimum absolute atomic E-state index is 0.106. The average molecular weight is 387 g/mol. The number of nitrogens with one attached hydrogen (secondary N) is 1. The van der Waals surface area contributed by atoms with Crippen molar-refractivity contribution < 1.29 is 18.8 Å². The number of piperidine rings is 1. The molecule has 1 aliphatic heterocycles. The fourth-order valence-corrected chi connectivity index (χ4v) is 3.34. The van der Waals surface area contributed by atoms with Gasteiger partial charge in [0, 0.05) is 24.6 Å². The third-order valence-electron chi connectivity index (χ3n) is 4.93. The Kier molecular flexibility index (Phi) is 6.20. The molecule has 1 heterocycles. The number of likely N-dealkylation sites (tertiary alicyclic amines) is 1. The van der Waals surface area contributed by atoms with Crippen molar-refractivity contribution in [3.05, 3.63) is 64.0 Å². The second-order valence-corrected chi connectivity index (χ2v) is 6.81. The minimum Gasteiger partial charge on any atom is -0.495 e. The van der Waals surface area contributed by atoms with Crippen molar-refractivity contribution in [2.45, 2.75) is 19.4 Å². The molecule has 28 heavy (non-hydrogen) atoms. The number of anilines is 1. The number of hydrogen-bond acceptors (Lipinski definition) is 5. The molecule has 2 aromatic carbocycles. The van der Waals surface area contributed by atoms with Crippen LogP contribution in [-0.4, -0.2) is 35.9 Å². The highest BCUT2D eigenvalue weighted by Crippen LogP contribution is 2.30. The number of ether oxygens (including phenoxy) is 1. The highest BCUT2D eigenvalue weighted by atomic mass is 19.1. The lowest BCUT2D eigenvalue weighted by Gasteiger charge is -2.31. The van der Waals surface area contributed by atoms with E-state index in [-0.39, 0.29) is 23.3 Å². The Morgan fingerprint density at radius 1 is 1.25 bits per heavy atom. The Balaban J connectivity index is 1.57. The number of nitro groups is 1. The Morgan fingerprint density at radius 2 is 1.93 bits per heavy atom. The van der Waals surface area contributed by atoms with Gasteiger partial charge >= 0.3 is 0 Å². The molecule has 148 valence electrons. The molecular weight excluding hydrogens is 365 g/mol. The molecule has 1 saturated heterocycles. The second kappa shape index (κ2) is 8.79. The van der Waals surface area contributed by atoms with Crippen LogP contribution in [0.15, 0.2) is 42.5 Å². The molecule has 1 N–H and O–H groups in total. The summed E-state index contributed by atoms with van der Waals surface area (Å²) < 4.78 is 18.2. The van der Waals surface area contributed by atoms with Crippen molar-refractivity contribution in [3.63, 3.8) is 0 Å². The first-order valence-corrected chi connectivity index (χ1v) is 9.06. The quantitative estimate of drug-likeness (QED) is 0.605. The van der Waals surface area contributed by atoms with E-state index in [4.69, 9.17) is 4.74 Å². The second-order valence-electron chi connectivity index (χ2n) is 6.81. The fourth-order valence-electron chi connectivity index (χ4n) is 3.34. The highest BCUT2D eigenvalue weighted by Gasteiger charge is 2.26. The van der Waals surface area contributed by atoms with Gasteiger partial charge in [0.05, 0.1) is 17.7 Å². The lowest BCUT2D eigenvalue weighted by molar-refractivity contribution is -0.384. The third-order valence-corrected chi connectivity index (χ3v) is 4.93. The van der Waals surface area contributed by atoms with Gasteiger partial charge in [0.2, 0.25) is 5.91 Å². The number of rotatable bonds is 6. The predicted octanol–water partition coefficient (Wildman–Crippen LogP) is 3.59. The van der Waals surface area contributed by atoms with Gasteiger partial charge < -0.3 is 10.1 Å². The van der Waals surface area contributed by atoms with Crippen LogP contribution >= 0.6 is 0 Å². The number of hydrogen-bond donors (Lipinski definition) is 1. The maximum atomic E-state index is 13.0. The number of carbonyl (C=O) groups excluding carboxylic acids is 1. The summed E-state index contributed by atoms with van der Waals surface area (Å²) in [6.07, 6.45) is 1.37. The number of methoxy groups -OCH3 is 1. The van der Waals surface area contributed by atoms with Gasteiger partial charge in [-0.05, 0) is 49.7 Å². The maximum Gasteiger partial charge on any atom is 0.271 e. The maximum absolute atomic E-state index is 13.0. The van der Waals surface area contributed by atoms with E-state index in [0.717, 1.165) is 18.7 Å². The predicted molar refractivity (Wildman–Crippen MR) is 103 cm³/mol. The van der Waals surface area contributed by atoms with Gasteiger partial charge in [-0.15, -0.1) is 0 Å². The summed E-state index contributed by atoms with van der Waals surface area (Å²) in [6, 6.07) is 10.5. The summed E-state index contributed by atoms with van der Waals surface area (Å²) in [5, 5.41) is 13.7. The molecule has 1 fully saturated rings. The van der Waals surface area contributed by atoms with Gasteiger partial charge in [-0.2, -0.15) is 0 Å². The standard InChI is InChI=1S/C20H22FN3O4/c1-28-19-7-6-17(24(26)27)12-18(19)22-20(25)15-8-10-23(11-9-15)13-14-2-4-16(21)5-3-14/h2-7,12,15H,8-11,13H2,1H3,(H,22,25). The number of nitro benzene ring substituents is 1. The zero-order valence-electron chi connectivity index (χ0n) is 15.6. The van der Waals surface area contributed by atoms with E-state index >= 15 is 0 Å². The van der Waals surface area contributed by atoms with E-state index in [9.17, 15) is 19.3 Å². The smallest absolute Gasteiger partial charge is 0.271 e. The summed E-state index contributed by atoms with van der Waals surface area (Å²) in [5.74, 6) is -0.211. The van der Waals surface area contributed by atoms with Crippen molar-refractivity contribution in [1.82, 2.24) is 4.90 Å². The highest BCUT2D eigenvalue weighted by molar-refractivity contribution is 5.94. The van der Waals surface area contributed by atoms with E-state index in [2.05, 4.69) is 10.2 Å². The van der Waals surface area contributed by atoms with Gasteiger partial charge in [0.25, 0.3) is 5.69 Å². The summed E-state index contributed by atoms with van der Waals surface area (Å²) in [5.41, 5.74) is 1.23. The lowest BCUT2D eigenvalue weighted by atomic mass is 9.95. The van der Waals surface area contributed by atoms with Crippen LogP contribution in [0.1, 0.15) is 18.4 Å². The van der Waals surface area contributed by atoms with Gasteiger partial charge in [0.15, 0.2) is 0 Å². The van der Waals surface area contributed by atoms with Crippen LogP contribution in [0.3, 0.4) is 0 Å². The molecular formula is C20H22FN3O4. The van der Waals surface area contributed by atoms with Crippen LogP contribution < -0.4 is 10.1 Å². The van der Waals surface area contributed by atoms with E-state index in [0.29, 0.717) is 30.8 Å². The molecule has 3 rings (SSSR count). The first-order valence-electron chi connectivity index (χ1n) is 9.06. The van der Waals surface area contributed by atoms with Crippen LogP contribution in [-0.2, 0) is 11.3 Å². The van der Waals surface area contributed by atoms with E-state index in [1.807, 2.05) is 0 Å². The molecule has 0 bridgehead atoms. The number of non-ortho nitro benzene ring substituents is 1. The van der Waals surface area contributed by atoms with Crippen LogP contribution in [0.5, 0.6) is 5.75 Å². The number of benzene rings is 2. The lowest BCUT2D eigenvalue weighted by Crippen LogP contribution is -2.37. The molecule has 0 atom stereocenters. The van der Waals surface area contributed by atoms with Crippen LogP contribution in [0.2, 0.25) is 0 Å². The number of carbonyl (C=O) groups is 1. The Labute approximate surface area is 162 Å². The van der Waals surface area contributed by atoms with Crippen molar-refractivity contribution in [1.29, 1.82) is 0 Å². The zero-order chi connectivity index (χ0) is 20.1.